The minimum Gasteiger partial charge on any atom is -0.411 e. The number of hydrogen-bond acceptors (Lipinski definition) is 5. The molecule has 0 aromatic carbocycles. The Morgan fingerprint density at radius 3 is 3.20 bits per heavy atom. The van der Waals surface area contributed by atoms with Gasteiger partial charge in [-0.15, -0.1) is 0 Å². The third kappa shape index (κ3) is 1.63. The summed E-state index contributed by atoms with van der Waals surface area (Å²) in [4.78, 5) is 11.7. The first-order chi connectivity index (χ1) is 7.26. The molecular weight excluding hydrogens is 198 g/mol. The van der Waals surface area contributed by atoms with Gasteiger partial charge in [-0.3, -0.25) is 9.48 Å². The Morgan fingerprint density at radius 2 is 2.53 bits per heavy atom. The Hall–Kier alpha value is -1.69. The first kappa shape index (κ1) is 9.85. The van der Waals surface area contributed by atoms with E-state index in [2.05, 4.69) is 10.3 Å². The van der Waals surface area contributed by atoms with Crippen LogP contribution in [-0.4, -0.2) is 33.6 Å². The molecule has 1 aromatic heterocycles. The number of hydrogen-bond donors (Lipinski definition) is 1. The monoisotopic (exact) mass is 209 g/mol. The molecule has 15 heavy (non-hydrogen) atoms. The van der Waals surface area contributed by atoms with Crippen molar-refractivity contribution in [3.05, 3.63) is 17.5 Å². The average molecular weight is 209 g/mol. The molecule has 0 saturated carbocycles. The van der Waals surface area contributed by atoms with Crippen LogP contribution in [0.15, 0.2) is 11.2 Å². The van der Waals surface area contributed by atoms with Crippen molar-refractivity contribution in [2.45, 2.75) is 19.6 Å². The van der Waals surface area contributed by atoms with Crippen molar-refractivity contribution in [3.8, 4) is 0 Å². The summed E-state index contributed by atoms with van der Waals surface area (Å²) in [5, 5.41) is 15.8. The van der Waals surface area contributed by atoms with Crippen LogP contribution in [0.2, 0.25) is 0 Å². The number of carbonyl (C=O) groups is 1. The molecule has 0 unspecified atom stereocenters. The summed E-state index contributed by atoms with van der Waals surface area (Å²) >= 11 is 0. The lowest BCUT2D eigenvalue weighted by Gasteiger charge is -2.12. The normalized spacial score (nSPS) is 18.2. The van der Waals surface area contributed by atoms with Crippen LogP contribution in [0.3, 0.4) is 0 Å². The number of oxime groups is 1. The minimum absolute atomic E-state index is 0.186. The van der Waals surface area contributed by atoms with E-state index in [1.165, 1.54) is 0 Å². The largest absolute Gasteiger partial charge is 0.411 e. The first-order valence-corrected chi connectivity index (χ1v) is 4.57. The van der Waals surface area contributed by atoms with Crippen molar-refractivity contribution in [2.75, 3.05) is 7.11 Å². The van der Waals surface area contributed by atoms with E-state index in [1.807, 2.05) is 0 Å². The molecule has 0 radical (unpaired) electrons. The molecule has 1 N–H and O–H groups in total. The summed E-state index contributed by atoms with van der Waals surface area (Å²) in [6.45, 7) is 0.934. The summed E-state index contributed by atoms with van der Waals surface area (Å²) in [6, 6.07) is 1.66. The number of fused-ring (bicyclic) bond motifs is 1. The molecule has 0 aliphatic carbocycles. The molecule has 6 nitrogen and oxygen atoms in total. The standard InChI is InChI=1S/C9H11N3O3/c1-15-5-6-4-8-9(13)7(11-14)2-3-12(8)10-6/h4,14H,2-3,5H2,1H3/b11-7-. The van der Waals surface area contributed by atoms with E-state index in [4.69, 9.17) is 9.94 Å². The molecule has 1 aliphatic heterocycles. The van der Waals surface area contributed by atoms with Crippen molar-refractivity contribution in [1.82, 2.24) is 9.78 Å². The van der Waals surface area contributed by atoms with E-state index in [0.717, 1.165) is 0 Å². The van der Waals surface area contributed by atoms with Crippen molar-refractivity contribution in [3.63, 3.8) is 0 Å². The molecule has 80 valence electrons. The molecule has 0 amide bonds. The number of carbonyl (C=O) groups excluding carboxylic acids is 1. The van der Waals surface area contributed by atoms with Gasteiger partial charge in [-0.05, 0) is 6.07 Å². The van der Waals surface area contributed by atoms with Crippen molar-refractivity contribution in [1.29, 1.82) is 0 Å². The summed E-state index contributed by atoms with van der Waals surface area (Å²) in [7, 11) is 1.57. The quantitative estimate of drug-likeness (QED) is 0.566. The highest BCUT2D eigenvalue weighted by Crippen LogP contribution is 2.14. The molecule has 0 bridgehead atoms. The molecule has 0 fully saturated rings. The Balaban J connectivity index is 2.35. The molecule has 0 atom stereocenters. The fourth-order valence-electron chi connectivity index (χ4n) is 1.61. The highest BCUT2D eigenvalue weighted by molar-refractivity contribution is 6.45. The van der Waals surface area contributed by atoms with Crippen molar-refractivity contribution < 1.29 is 14.7 Å². The molecule has 0 saturated heterocycles. The van der Waals surface area contributed by atoms with Gasteiger partial charge in [0.15, 0.2) is 0 Å². The molecule has 0 spiro atoms. The summed E-state index contributed by atoms with van der Waals surface area (Å²) in [5.41, 5.74) is 1.35. The maximum absolute atomic E-state index is 11.7. The van der Waals surface area contributed by atoms with Gasteiger partial charge in [0.25, 0.3) is 0 Å². The smallest absolute Gasteiger partial charge is 0.228 e. The predicted octanol–water partition coefficient (Wildman–Crippen LogP) is 0.446. The number of aromatic nitrogens is 2. The summed E-state index contributed by atoms with van der Waals surface area (Å²) < 4.78 is 6.54. The van der Waals surface area contributed by atoms with Gasteiger partial charge >= 0.3 is 0 Å². The Labute approximate surface area is 86.1 Å². The molecule has 1 aliphatic rings. The van der Waals surface area contributed by atoms with E-state index in [9.17, 15) is 4.79 Å². The highest BCUT2D eigenvalue weighted by Gasteiger charge is 2.25. The zero-order valence-electron chi connectivity index (χ0n) is 8.30. The van der Waals surface area contributed by atoms with Crippen LogP contribution >= 0.6 is 0 Å². The van der Waals surface area contributed by atoms with Gasteiger partial charge in [-0.25, -0.2) is 0 Å². The first-order valence-electron chi connectivity index (χ1n) is 4.57. The molecule has 2 rings (SSSR count). The third-order valence-electron chi connectivity index (χ3n) is 2.30. The minimum atomic E-state index is -0.265. The number of rotatable bonds is 2. The number of Topliss-reactive ketones (excluding diaryl/α,β-unsaturated/α-hetero) is 1. The van der Waals surface area contributed by atoms with Gasteiger partial charge in [0, 0.05) is 20.1 Å². The van der Waals surface area contributed by atoms with Gasteiger partial charge in [0.2, 0.25) is 5.78 Å². The van der Waals surface area contributed by atoms with Gasteiger partial charge in [-0.2, -0.15) is 5.10 Å². The van der Waals surface area contributed by atoms with Crippen LogP contribution in [0.5, 0.6) is 0 Å². The average Bonchev–Trinajstić information content (AvgIpc) is 2.63. The molecule has 6 heteroatoms. The van der Waals surface area contributed by atoms with Gasteiger partial charge in [0.05, 0.1) is 12.3 Å². The Morgan fingerprint density at radius 1 is 1.73 bits per heavy atom. The lowest BCUT2D eigenvalue weighted by atomic mass is 10.1. The predicted molar refractivity (Wildman–Crippen MR) is 51.1 cm³/mol. The Bertz CT molecular complexity index is 422. The van der Waals surface area contributed by atoms with E-state index >= 15 is 0 Å². The van der Waals surface area contributed by atoms with Crippen LogP contribution in [0, 0.1) is 0 Å². The lowest BCUT2D eigenvalue weighted by molar-refractivity contribution is 0.104. The number of aryl methyl sites for hydroxylation is 1. The summed E-state index contributed by atoms with van der Waals surface area (Å²) in [6.07, 6.45) is 0.413. The van der Waals surface area contributed by atoms with Crippen LogP contribution < -0.4 is 0 Å². The van der Waals surface area contributed by atoms with Crippen LogP contribution in [0.1, 0.15) is 22.6 Å². The second-order valence-corrected chi connectivity index (χ2v) is 3.30. The van der Waals surface area contributed by atoms with Crippen molar-refractivity contribution in [2.24, 2.45) is 5.16 Å². The fourth-order valence-corrected chi connectivity index (χ4v) is 1.61. The molecular formula is C9H11N3O3. The van der Waals surface area contributed by atoms with E-state index < -0.39 is 0 Å². The van der Waals surface area contributed by atoms with E-state index in [-0.39, 0.29) is 11.5 Å². The number of nitrogens with zero attached hydrogens (tertiary/aromatic N) is 3. The highest BCUT2D eigenvalue weighted by atomic mass is 16.5. The van der Waals surface area contributed by atoms with Gasteiger partial charge < -0.3 is 9.94 Å². The summed E-state index contributed by atoms with van der Waals surface area (Å²) in [5.74, 6) is -0.265. The van der Waals surface area contributed by atoms with E-state index in [0.29, 0.717) is 31.0 Å². The van der Waals surface area contributed by atoms with Gasteiger partial charge in [0.1, 0.15) is 11.4 Å². The second kappa shape index (κ2) is 3.82. The number of ketones is 1. The lowest BCUT2D eigenvalue weighted by Crippen LogP contribution is -2.26. The molecule has 1 aromatic rings. The van der Waals surface area contributed by atoms with E-state index in [1.54, 1.807) is 17.9 Å². The zero-order valence-corrected chi connectivity index (χ0v) is 8.30. The van der Waals surface area contributed by atoms with Crippen LogP contribution in [-0.2, 0) is 17.9 Å². The fraction of sp³-hybridized carbons (Fsp3) is 0.444. The van der Waals surface area contributed by atoms with Crippen LogP contribution in [0.4, 0.5) is 0 Å². The number of ether oxygens (including phenoxy) is 1. The Kier molecular flexibility index (Phi) is 2.51. The SMILES string of the molecule is COCc1cc2n(n1)CC/C(=N/O)C2=O. The maximum atomic E-state index is 11.7. The van der Waals surface area contributed by atoms with Crippen molar-refractivity contribution >= 4 is 11.5 Å². The topological polar surface area (TPSA) is 76.7 Å². The van der Waals surface area contributed by atoms with Crippen LogP contribution in [0.25, 0.3) is 0 Å². The molecule has 2 heterocycles. The third-order valence-corrected chi connectivity index (χ3v) is 2.30. The number of methoxy groups -OCH3 is 1. The maximum Gasteiger partial charge on any atom is 0.228 e. The van der Waals surface area contributed by atoms with Gasteiger partial charge in [-0.1, -0.05) is 5.16 Å². The second-order valence-electron chi connectivity index (χ2n) is 3.30. The zero-order chi connectivity index (χ0) is 10.8.